The molecular formula is C9H18N2O. The fourth-order valence-electron chi connectivity index (χ4n) is 2.38. The smallest absolute Gasteiger partial charge is 0.0789 e. The molecule has 0 aromatic rings. The van der Waals surface area contributed by atoms with E-state index in [2.05, 4.69) is 4.90 Å². The summed E-state index contributed by atoms with van der Waals surface area (Å²) in [5, 5.41) is 9.34. The van der Waals surface area contributed by atoms with E-state index in [0.29, 0.717) is 6.54 Å². The summed E-state index contributed by atoms with van der Waals surface area (Å²) in [6.45, 7) is 3.57. The van der Waals surface area contributed by atoms with E-state index in [9.17, 15) is 5.11 Å². The Morgan fingerprint density at radius 2 is 1.92 bits per heavy atom. The van der Waals surface area contributed by atoms with Gasteiger partial charge < -0.3 is 15.7 Å². The predicted molar refractivity (Wildman–Crippen MR) is 47.7 cm³/mol. The molecule has 2 fully saturated rings. The Hall–Kier alpha value is -0.120. The summed E-state index contributed by atoms with van der Waals surface area (Å²) in [5.74, 6) is 1.88. The number of fused-ring (bicyclic) bond motifs is 1. The van der Waals surface area contributed by atoms with Gasteiger partial charge in [0.1, 0.15) is 0 Å². The lowest BCUT2D eigenvalue weighted by Crippen LogP contribution is -2.35. The molecule has 0 amide bonds. The van der Waals surface area contributed by atoms with Crippen molar-refractivity contribution in [3.63, 3.8) is 0 Å². The highest BCUT2D eigenvalue weighted by atomic mass is 16.3. The fourth-order valence-corrected chi connectivity index (χ4v) is 2.38. The van der Waals surface area contributed by atoms with Crippen LogP contribution >= 0.6 is 0 Å². The summed E-state index contributed by atoms with van der Waals surface area (Å²) in [7, 11) is 0. The van der Waals surface area contributed by atoms with Gasteiger partial charge in [0.05, 0.1) is 6.10 Å². The molecule has 3 nitrogen and oxygen atoms in total. The number of nitrogens with two attached hydrogens (primary N) is 1. The second-order valence-electron chi connectivity index (χ2n) is 4.21. The molecule has 1 aliphatic carbocycles. The Kier molecular flexibility index (Phi) is 2.35. The van der Waals surface area contributed by atoms with E-state index in [4.69, 9.17) is 5.73 Å². The number of likely N-dealkylation sites (tertiary alicyclic amines) is 1. The Morgan fingerprint density at radius 3 is 2.33 bits per heavy atom. The van der Waals surface area contributed by atoms with Crippen molar-refractivity contribution in [2.75, 3.05) is 26.2 Å². The van der Waals surface area contributed by atoms with Gasteiger partial charge in [0.2, 0.25) is 0 Å². The van der Waals surface area contributed by atoms with Gasteiger partial charge in [0.25, 0.3) is 0 Å². The van der Waals surface area contributed by atoms with Gasteiger partial charge in [0, 0.05) is 26.2 Å². The summed E-state index contributed by atoms with van der Waals surface area (Å²) < 4.78 is 0. The summed E-state index contributed by atoms with van der Waals surface area (Å²) >= 11 is 0. The first-order chi connectivity index (χ1) is 5.79. The van der Waals surface area contributed by atoms with Crippen molar-refractivity contribution in [1.29, 1.82) is 0 Å². The largest absolute Gasteiger partial charge is 0.390 e. The van der Waals surface area contributed by atoms with Crippen molar-refractivity contribution in [3.8, 4) is 0 Å². The van der Waals surface area contributed by atoms with Crippen molar-refractivity contribution >= 4 is 0 Å². The summed E-state index contributed by atoms with van der Waals surface area (Å²) in [6.07, 6.45) is 2.49. The lowest BCUT2D eigenvalue weighted by atomic mass is 9.77. The van der Waals surface area contributed by atoms with Crippen molar-refractivity contribution in [3.05, 3.63) is 0 Å². The highest BCUT2D eigenvalue weighted by molar-refractivity contribution is 4.91. The molecule has 12 heavy (non-hydrogen) atoms. The summed E-state index contributed by atoms with van der Waals surface area (Å²) in [6, 6.07) is 0. The maximum Gasteiger partial charge on any atom is 0.0789 e. The van der Waals surface area contributed by atoms with E-state index < -0.39 is 0 Å². The molecular weight excluding hydrogens is 152 g/mol. The van der Waals surface area contributed by atoms with Crippen LogP contribution in [0.5, 0.6) is 0 Å². The molecule has 3 N–H and O–H groups in total. The molecule has 1 saturated carbocycles. The van der Waals surface area contributed by atoms with Gasteiger partial charge in [-0.1, -0.05) is 0 Å². The molecule has 1 aliphatic heterocycles. The van der Waals surface area contributed by atoms with Crippen LogP contribution < -0.4 is 5.73 Å². The minimum atomic E-state index is -0.317. The zero-order chi connectivity index (χ0) is 8.55. The van der Waals surface area contributed by atoms with Crippen LogP contribution in [-0.2, 0) is 0 Å². The molecule has 1 saturated heterocycles. The van der Waals surface area contributed by atoms with Gasteiger partial charge in [-0.15, -0.1) is 0 Å². The quantitative estimate of drug-likeness (QED) is 0.608. The highest BCUT2D eigenvalue weighted by Crippen LogP contribution is 2.40. The lowest BCUT2D eigenvalue weighted by molar-refractivity contribution is 0.130. The van der Waals surface area contributed by atoms with Crippen LogP contribution in [0.2, 0.25) is 0 Å². The first-order valence-corrected chi connectivity index (χ1v) is 4.90. The molecule has 0 bridgehead atoms. The first kappa shape index (κ1) is 8.48. The number of aliphatic hydroxyl groups is 1. The van der Waals surface area contributed by atoms with Crippen molar-refractivity contribution in [2.45, 2.75) is 18.9 Å². The number of hydrogen-bond donors (Lipinski definition) is 2. The second-order valence-corrected chi connectivity index (χ2v) is 4.21. The van der Waals surface area contributed by atoms with Crippen LogP contribution in [0.25, 0.3) is 0 Å². The first-order valence-electron chi connectivity index (χ1n) is 4.90. The maximum atomic E-state index is 9.34. The maximum absolute atomic E-state index is 9.34. The van der Waals surface area contributed by atoms with E-state index in [1.807, 2.05) is 0 Å². The Labute approximate surface area is 73.5 Å². The minimum Gasteiger partial charge on any atom is -0.390 e. The van der Waals surface area contributed by atoms with E-state index in [1.54, 1.807) is 0 Å². The third-order valence-corrected chi connectivity index (χ3v) is 3.30. The number of β-amino-alcohol motifs (C(OH)–C–C–N with tert-alkyl or cyclic N) is 1. The number of hydrogen-bond acceptors (Lipinski definition) is 3. The van der Waals surface area contributed by atoms with Crippen LogP contribution in [0.1, 0.15) is 12.8 Å². The van der Waals surface area contributed by atoms with Crippen LogP contribution in [-0.4, -0.2) is 42.3 Å². The Bertz CT molecular complexity index is 151. The monoisotopic (exact) mass is 170 g/mol. The van der Waals surface area contributed by atoms with Crippen molar-refractivity contribution in [2.24, 2.45) is 17.6 Å². The third-order valence-electron chi connectivity index (χ3n) is 3.30. The topological polar surface area (TPSA) is 49.5 Å². The molecule has 3 atom stereocenters. The fraction of sp³-hybridized carbons (Fsp3) is 1.00. The summed E-state index contributed by atoms with van der Waals surface area (Å²) in [4.78, 5) is 2.36. The normalized spacial score (nSPS) is 37.5. The van der Waals surface area contributed by atoms with Gasteiger partial charge in [0.15, 0.2) is 0 Å². The second kappa shape index (κ2) is 3.32. The van der Waals surface area contributed by atoms with Crippen LogP contribution in [0.15, 0.2) is 0 Å². The number of aliphatic hydroxyl groups excluding tert-OH is 1. The van der Waals surface area contributed by atoms with Gasteiger partial charge in [-0.25, -0.2) is 0 Å². The zero-order valence-electron chi connectivity index (χ0n) is 7.45. The van der Waals surface area contributed by atoms with Crippen molar-refractivity contribution in [1.82, 2.24) is 4.90 Å². The molecule has 2 aliphatic rings. The Balaban J connectivity index is 1.75. The molecule has 0 radical (unpaired) electrons. The molecule has 3 heteroatoms. The van der Waals surface area contributed by atoms with E-state index >= 15 is 0 Å². The van der Waals surface area contributed by atoms with Crippen LogP contribution in [0.3, 0.4) is 0 Å². The predicted octanol–water partition coefficient (Wildman–Crippen LogP) is -0.352. The van der Waals surface area contributed by atoms with Gasteiger partial charge in [-0.2, -0.15) is 0 Å². The molecule has 2 rings (SSSR count). The average Bonchev–Trinajstić information content (AvgIpc) is 2.30. The molecule has 0 aromatic heterocycles. The van der Waals surface area contributed by atoms with Gasteiger partial charge >= 0.3 is 0 Å². The lowest BCUT2D eigenvalue weighted by Gasteiger charge is -2.28. The Morgan fingerprint density at radius 1 is 1.33 bits per heavy atom. The minimum absolute atomic E-state index is 0.317. The molecule has 3 unspecified atom stereocenters. The SMILES string of the molecule is NCC(O)CN1CC2CCC2C1. The van der Waals surface area contributed by atoms with Gasteiger partial charge in [-0.3, -0.25) is 0 Å². The zero-order valence-corrected chi connectivity index (χ0v) is 7.45. The van der Waals surface area contributed by atoms with Gasteiger partial charge in [-0.05, 0) is 24.7 Å². The standard InChI is InChI=1S/C9H18N2O/c10-3-9(12)6-11-4-7-1-2-8(7)5-11/h7-9,12H,1-6,10H2. The average molecular weight is 170 g/mol. The molecule has 0 aromatic carbocycles. The molecule has 70 valence electrons. The third kappa shape index (κ3) is 1.49. The van der Waals surface area contributed by atoms with Crippen LogP contribution in [0, 0.1) is 11.8 Å². The molecule has 1 heterocycles. The number of nitrogens with zero attached hydrogens (tertiary/aromatic N) is 1. The number of rotatable bonds is 3. The van der Waals surface area contributed by atoms with E-state index in [1.165, 1.54) is 25.9 Å². The van der Waals surface area contributed by atoms with E-state index in [0.717, 1.165) is 18.4 Å². The highest BCUT2D eigenvalue weighted by Gasteiger charge is 2.39. The van der Waals surface area contributed by atoms with Crippen LogP contribution in [0.4, 0.5) is 0 Å². The van der Waals surface area contributed by atoms with Crippen molar-refractivity contribution < 1.29 is 5.11 Å². The van der Waals surface area contributed by atoms with E-state index in [-0.39, 0.29) is 6.10 Å². The summed E-state index contributed by atoms with van der Waals surface area (Å²) in [5.41, 5.74) is 5.36. The molecule has 0 spiro atoms.